The van der Waals surface area contributed by atoms with E-state index in [0.29, 0.717) is 11.5 Å². The fourth-order valence-corrected chi connectivity index (χ4v) is 4.39. The topological polar surface area (TPSA) is 110 Å². The molecule has 7 heteroatoms. The molecular formula is C24H25N5O2. The molecule has 1 aliphatic carbocycles. The highest BCUT2D eigenvalue weighted by Crippen LogP contribution is 2.34. The highest BCUT2D eigenvalue weighted by molar-refractivity contribution is 5.84. The third-order valence-corrected chi connectivity index (χ3v) is 6.10. The Morgan fingerprint density at radius 2 is 1.94 bits per heavy atom. The number of aliphatic hydroxyl groups is 2. The van der Waals surface area contributed by atoms with E-state index in [2.05, 4.69) is 10.1 Å². The zero-order chi connectivity index (χ0) is 21.4. The minimum atomic E-state index is -0.250. The van der Waals surface area contributed by atoms with Crippen LogP contribution in [0.3, 0.4) is 0 Å². The van der Waals surface area contributed by atoms with E-state index in [1.807, 2.05) is 48.5 Å². The van der Waals surface area contributed by atoms with Gasteiger partial charge in [0, 0.05) is 17.0 Å². The van der Waals surface area contributed by atoms with E-state index in [0.717, 1.165) is 47.1 Å². The van der Waals surface area contributed by atoms with Gasteiger partial charge in [-0.2, -0.15) is 5.10 Å². The smallest absolute Gasteiger partial charge is 0.154 e. The Morgan fingerprint density at radius 3 is 2.74 bits per heavy atom. The Balaban J connectivity index is 1.51. The first kappa shape index (κ1) is 19.8. The molecule has 0 saturated heterocycles. The summed E-state index contributed by atoms with van der Waals surface area (Å²) in [7, 11) is 0. The van der Waals surface area contributed by atoms with Crippen molar-refractivity contribution < 1.29 is 10.2 Å². The summed E-state index contributed by atoms with van der Waals surface area (Å²) in [5.74, 6) is 0.911. The molecular weight excluding hydrogens is 390 g/mol. The van der Waals surface area contributed by atoms with Crippen LogP contribution in [0.15, 0.2) is 60.8 Å². The van der Waals surface area contributed by atoms with Gasteiger partial charge in [0.25, 0.3) is 0 Å². The average Bonchev–Trinajstić information content (AvgIpc) is 3.44. The number of fused-ring (bicyclic) bond motifs is 1. The molecule has 158 valence electrons. The molecule has 3 aromatic heterocycles. The minimum Gasteiger partial charge on any atom is -0.393 e. The van der Waals surface area contributed by atoms with E-state index in [-0.39, 0.29) is 24.7 Å². The minimum absolute atomic E-state index is 0.118. The van der Waals surface area contributed by atoms with Gasteiger partial charge in [-0.05, 0) is 55.5 Å². The molecule has 1 unspecified atom stereocenters. The second-order valence-electron chi connectivity index (χ2n) is 8.18. The third-order valence-electron chi connectivity index (χ3n) is 6.10. The van der Waals surface area contributed by atoms with Crippen molar-refractivity contribution in [1.82, 2.24) is 19.7 Å². The zero-order valence-corrected chi connectivity index (χ0v) is 17.1. The lowest BCUT2D eigenvalue weighted by molar-refractivity contribution is 0.175. The fraction of sp³-hybridized carbons (Fsp3) is 0.292. The summed E-state index contributed by atoms with van der Waals surface area (Å²) in [6, 6.07) is 17.3. The number of hydrogen-bond acceptors (Lipinski definition) is 6. The first-order valence-corrected chi connectivity index (χ1v) is 10.6. The van der Waals surface area contributed by atoms with Crippen molar-refractivity contribution in [3.05, 3.63) is 72.2 Å². The highest BCUT2D eigenvalue weighted by atomic mass is 16.3. The maximum absolute atomic E-state index is 9.86. The summed E-state index contributed by atoms with van der Waals surface area (Å²) < 4.78 is 1.77. The van der Waals surface area contributed by atoms with Crippen molar-refractivity contribution in [3.8, 4) is 17.1 Å². The third kappa shape index (κ3) is 3.83. The molecule has 1 aromatic carbocycles. The Labute approximate surface area is 180 Å². The molecule has 31 heavy (non-hydrogen) atoms. The van der Waals surface area contributed by atoms with Gasteiger partial charge < -0.3 is 15.9 Å². The Morgan fingerprint density at radius 1 is 1.06 bits per heavy atom. The van der Waals surface area contributed by atoms with Gasteiger partial charge in [-0.1, -0.05) is 24.3 Å². The highest BCUT2D eigenvalue weighted by Gasteiger charge is 2.29. The second-order valence-corrected chi connectivity index (χ2v) is 8.18. The molecule has 1 fully saturated rings. The molecule has 1 saturated carbocycles. The van der Waals surface area contributed by atoms with E-state index in [1.54, 1.807) is 16.9 Å². The van der Waals surface area contributed by atoms with Crippen LogP contribution in [-0.4, -0.2) is 36.1 Å². The Hall–Kier alpha value is -3.13. The SMILES string of the molecule is N[C@H](c1cccc(-c2ccc3cnn(-c4cccc(CO)n4)c3c2)n1)C1CC[C@@H](O)C1. The maximum atomic E-state index is 9.86. The predicted molar refractivity (Wildman–Crippen MR) is 118 cm³/mol. The van der Waals surface area contributed by atoms with E-state index in [1.165, 1.54) is 0 Å². The number of aromatic nitrogens is 4. The lowest BCUT2D eigenvalue weighted by Crippen LogP contribution is -2.21. The van der Waals surface area contributed by atoms with Gasteiger partial charge in [-0.3, -0.25) is 4.98 Å². The van der Waals surface area contributed by atoms with E-state index >= 15 is 0 Å². The predicted octanol–water partition coefficient (Wildman–Crippen LogP) is 3.14. The average molecular weight is 415 g/mol. The van der Waals surface area contributed by atoms with Gasteiger partial charge in [0.05, 0.1) is 41.5 Å². The second kappa shape index (κ2) is 8.19. The van der Waals surface area contributed by atoms with E-state index in [4.69, 9.17) is 10.7 Å². The van der Waals surface area contributed by atoms with Crippen LogP contribution in [0.4, 0.5) is 0 Å². The Bertz CT molecular complexity index is 1220. The number of benzene rings is 1. The zero-order valence-electron chi connectivity index (χ0n) is 17.1. The maximum Gasteiger partial charge on any atom is 0.154 e. The lowest BCUT2D eigenvalue weighted by atomic mass is 9.95. The van der Waals surface area contributed by atoms with Gasteiger partial charge in [0.2, 0.25) is 0 Å². The molecule has 7 nitrogen and oxygen atoms in total. The van der Waals surface area contributed by atoms with Crippen LogP contribution in [0.2, 0.25) is 0 Å². The molecule has 5 rings (SSSR count). The van der Waals surface area contributed by atoms with Gasteiger partial charge >= 0.3 is 0 Å². The molecule has 3 heterocycles. The van der Waals surface area contributed by atoms with Crippen molar-refractivity contribution in [2.45, 2.75) is 38.0 Å². The molecule has 0 radical (unpaired) electrons. The first-order chi connectivity index (χ1) is 15.1. The monoisotopic (exact) mass is 415 g/mol. The van der Waals surface area contributed by atoms with Crippen LogP contribution >= 0.6 is 0 Å². The quantitative estimate of drug-likeness (QED) is 0.462. The van der Waals surface area contributed by atoms with Crippen molar-refractivity contribution >= 4 is 10.9 Å². The van der Waals surface area contributed by atoms with E-state index < -0.39 is 0 Å². The van der Waals surface area contributed by atoms with Crippen LogP contribution in [0, 0.1) is 5.92 Å². The number of nitrogens with two attached hydrogens (primary N) is 1. The van der Waals surface area contributed by atoms with Crippen molar-refractivity contribution in [2.75, 3.05) is 0 Å². The summed E-state index contributed by atoms with van der Waals surface area (Å²) in [6.45, 7) is -0.118. The molecule has 3 atom stereocenters. The van der Waals surface area contributed by atoms with Crippen LogP contribution in [0.1, 0.15) is 36.7 Å². The molecule has 4 aromatic rings. The van der Waals surface area contributed by atoms with Crippen LogP contribution in [0.25, 0.3) is 28.0 Å². The fourth-order valence-electron chi connectivity index (χ4n) is 4.39. The standard InChI is InChI=1S/C24H25N5O2/c25-24(16-9-10-19(31)11-16)21-5-2-4-20(28-21)15-7-8-17-13-26-29(22(17)12-15)23-6-1-3-18(14-30)27-23/h1-8,12-13,16,19,24,30-31H,9-11,14,25H2/t16?,19-,24+/m1/s1. The van der Waals surface area contributed by atoms with Crippen molar-refractivity contribution in [1.29, 1.82) is 0 Å². The summed E-state index contributed by atoms with van der Waals surface area (Å²) >= 11 is 0. The van der Waals surface area contributed by atoms with Gasteiger partial charge in [-0.15, -0.1) is 0 Å². The summed E-state index contributed by atoms with van der Waals surface area (Å²) in [4.78, 5) is 9.32. The molecule has 1 aliphatic rings. The van der Waals surface area contributed by atoms with Crippen molar-refractivity contribution in [2.24, 2.45) is 11.7 Å². The van der Waals surface area contributed by atoms with Gasteiger partial charge in [0.15, 0.2) is 5.82 Å². The molecule has 0 spiro atoms. The number of rotatable bonds is 5. The largest absolute Gasteiger partial charge is 0.393 e. The summed E-state index contributed by atoms with van der Waals surface area (Å²) in [5, 5.41) is 24.7. The lowest BCUT2D eigenvalue weighted by Gasteiger charge is -2.19. The number of aliphatic hydroxyl groups excluding tert-OH is 2. The number of pyridine rings is 2. The van der Waals surface area contributed by atoms with Crippen LogP contribution in [0.5, 0.6) is 0 Å². The van der Waals surface area contributed by atoms with Crippen molar-refractivity contribution in [3.63, 3.8) is 0 Å². The normalized spacial score (nSPS) is 19.7. The molecule has 0 amide bonds. The van der Waals surface area contributed by atoms with Crippen LogP contribution < -0.4 is 5.73 Å². The van der Waals surface area contributed by atoms with E-state index in [9.17, 15) is 10.2 Å². The number of hydrogen-bond donors (Lipinski definition) is 3. The molecule has 4 N–H and O–H groups in total. The number of nitrogens with zero attached hydrogens (tertiary/aromatic N) is 4. The summed E-state index contributed by atoms with van der Waals surface area (Å²) in [6.07, 6.45) is 4.03. The molecule has 0 aliphatic heterocycles. The van der Waals surface area contributed by atoms with Gasteiger partial charge in [-0.25, -0.2) is 9.67 Å². The van der Waals surface area contributed by atoms with Crippen LogP contribution in [-0.2, 0) is 6.61 Å². The first-order valence-electron chi connectivity index (χ1n) is 10.6. The van der Waals surface area contributed by atoms with Gasteiger partial charge in [0.1, 0.15) is 0 Å². The molecule has 0 bridgehead atoms. The Kier molecular flexibility index (Phi) is 5.23. The summed E-state index contributed by atoms with van der Waals surface area (Å²) in [5.41, 5.74) is 10.7.